The molecule has 20 heavy (non-hydrogen) atoms. The Balaban J connectivity index is 1.82. The Morgan fingerprint density at radius 1 is 1.00 bits per heavy atom. The minimum atomic E-state index is 0.547. The molecule has 1 saturated carbocycles. The quantitative estimate of drug-likeness (QED) is 0.853. The number of fused-ring (bicyclic) bond motifs is 1. The molecular weight excluding hydrogens is 242 g/mol. The molecule has 1 heteroatoms. The van der Waals surface area contributed by atoms with E-state index in [1.165, 1.54) is 44.1 Å². The summed E-state index contributed by atoms with van der Waals surface area (Å²) in [4.78, 5) is 0. The van der Waals surface area contributed by atoms with Gasteiger partial charge in [0.05, 0.1) is 0 Å². The van der Waals surface area contributed by atoms with Gasteiger partial charge in [-0.05, 0) is 80.0 Å². The van der Waals surface area contributed by atoms with Crippen LogP contribution < -0.4 is 5.32 Å². The summed E-state index contributed by atoms with van der Waals surface area (Å²) in [6.07, 6.45) is 8.10. The van der Waals surface area contributed by atoms with Gasteiger partial charge in [0.15, 0.2) is 0 Å². The first-order valence-electron chi connectivity index (χ1n) is 8.46. The van der Waals surface area contributed by atoms with E-state index >= 15 is 0 Å². The van der Waals surface area contributed by atoms with Crippen molar-refractivity contribution in [3.8, 4) is 0 Å². The van der Waals surface area contributed by atoms with Crippen molar-refractivity contribution in [2.45, 2.75) is 58.4 Å². The molecule has 2 aliphatic carbocycles. The molecule has 0 bridgehead atoms. The molecule has 110 valence electrons. The fourth-order valence-electron chi connectivity index (χ4n) is 4.74. The predicted molar refractivity (Wildman–Crippen MR) is 85.9 cm³/mol. The van der Waals surface area contributed by atoms with E-state index in [9.17, 15) is 0 Å². The van der Waals surface area contributed by atoms with E-state index in [0.29, 0.717) is 6.04 Å². The van der Waals surface area contributed by atoms with Gasteiger partial charge in [-0.25, -0.2) is 0 Å². The van der Waals surface area contributed by atoms with Gasteiger partial charge in [0, 0.05) is 6.04 Å². The highest BCUT2D eigenvalue weighted by Gasteiger charge is 2.30. The highest BCUT2D eigenvalue weighted by atomic mass is 14.9. The van der Waals surface area contributed by atoms with Gasteiger partial charge < -0.3 is 5.32 Å². The maximum absolute atomic E-state index is 3.62. The molecular formula is C19H29N. The molecule has 0 saturated heterocycles. The number of rotatable bonds is 3. The Hall–Kier alpha value is -0.820. The molecule has 3 unspecified atom stereocenters. The summed E-state index contributed by atoms with van der Waals surface area (Å²) >= 11 is 0. The van der Waals surface area contributed by atoms with Crippen LogP contribution in [0.25, 0.3) is 0 Å². The first kappa shape index (κ1) is 14.1. The van der Waals surface area contributed by atoms with Crippen molar-refractivity contribution < 1.29 is 0 Å². The molecule has 1 aromatic rings. The summed E-state index contributed by atoms with van der Waals surface area (Å²) in [6, 6.07) is 7.81. The van der Waals surface area contributed by atoms with Gasteiger partial charge >= 0.3 is 0 Å². The first-order valence-corrected chi connectivity index (χ1v) is 8.46. The Morgan fingerprint density at radius 2 is 1.70 bits per heavy atom. The van der Waals surface area contributed by atoms with E-state index in [2.05, 4.69) is 44.4 Å². The average Bonchev–Trinajstić information content (AvgIpc) is 2.86. The lowest BCUT2D eigenvalue weighted by Gasteiger charge is -2.37. The second kappa shape index (κ2) is 5.89. The molecule has 0 amide bonds. The van der Waals surface area contributed by atoms with Crippen molar-refractivity contribution in [2.75, 3.05) is 7.05 Å². The van der Waals surface area contributed by atoms with Crippen LogP contribution in [0.15, 0.2) is 18.2 Å². The zero-order chi connectivity index (χ0) is 14.1. The van der Waals surface area contributed by atoms with Crippen LogP contribution >= 0.6 is 0 Å². The molecule has 3 atom stereocenters. The zero-order valence-corrected chi connectivity index (χ0v) is 13.3. The highest BCUT2D eigenvalue weighted by molar-refractivity contribution is 5.36. The van der Waals surface area contributed by atoms with Crippen LogP contribution in [0.1, 0.15) is 62.3 Å². The fraction of sp³-hybridized carbons (Fsp3) is 0.684. The predicted octanol–water partition coefficient (Wildman–Crippen LogP) is 4.51. The number of aryl methyl sites for hydroxylation is 2. The van der Waals surface area contributed by atoms with Gasteiger partial charge in [0.25, 0.3) is 0 Å². The second-order valence-corrected chi connectivity index (χ2v) is 7.33. The van der Waals surface area contributed by atoms with Crippen molar-refractivity contribution in [2.24, 2.45) is 17.8 Å². The van der Waals surface area contributed by atoms with Crippen LogP contribution in [-0.4, -0.2) is 7.05 Å². The number of hydrogen-bond acceptors (Lipinski definition) is 1. The largest absolute Gasteiger partial charge is 0.313 e. The van der Waals surface area contributed by atoms with E-state index in [4.69, 9.17) is 0 Å². The second-order valence-electron chi connectivity index (χ2n) is 7.33. The standard InChI is InChI=1S/C19H29N/c1-13-9-14(2)11-18(10-13)19(20-3)17-8-7-15-5-4-6-16(15)12-17/h7-8,12-14,18-20H,4-6,9-11H2,1-3H3. The summed E-state index contributed by atoms with van der Waals surface area (Å²) in [5, 5.41) is 3.62. The summed E-state index contributed by atoms with van der Waals surface area (Å²) < 4.78 is 0. The number of benzene rings is 1. The lowest BCUT2D eigenvalue weighted by molar-refractivity contribution is 0.180. The van der Waals surface area contributed by atoms with Crippen LogP contribution in [0, 0.1) is 17.8 Å². The van der Waals surface area contributed by atoms with Crippen LogP contribution in [-0.2, 0) is 12.8 Å². The summed E-state index contributed by atoms with van der Waals surface area (Å²) in [5.74, 6) is 2.57. The zero-order valence-electron chi connectivity index (χ0n) is 13.3. The normalized spacial score (nSPS) is 31.1. The van der Waals surface area contributed by atoms with E-state index in [0.717, 1.165) is 17.8 Å². The van der Waals surface area contributed by atoms with Gasteiger partial charge in [-0.15, -0.1) is 0 Å². The monoisotopic (exact) mass is 271 g/mol. The molecule has 0 spiro atoms. The third kappa shape index (κ3) is 2.79. The van der Waals surface area contributed by atoms with Gasteiger partial charge in [0.1, 0.15) is 0 Å². The molecule has 1 N–H and O–H groups in total. The SMILES string of the molecule is CNC(c1ccc2c(c1)CCC2)C1CC(C)CC(C)C1. The van der Waals surface area contributed by atoms with Crippen molar-refractivity contribution in [3.63, 3.8) is 0 Å². The fourth-order valence-corrected chi connectivity index (χ4v) is 4.74. The van der Waals surface area contributed by atoms with Gasteiger partial charge in [-0.3, -0.25) is 0 Å². The number of nitrogens with one attached hydrogen (secondary N) is 1. The molecule has 0 aromatic heterocycles. The highest BCUT2D eigenvalue weighted by Crippen LogP contribution is 2.40. The van der Waals surface area contributed by atoms with Crippen LogP contribution in [0.2, 0.25) is 0 Å². The van der Waals surface area contributed by atoms with Gasteiger partial charge in [0.2, 0.25) is 0 Å². The Bertz CT molecular complexity index is 455. The maximum Gasteiger partial charge on any atom is 0.0346 e. The van der Waals surface area contributed by atoms with Gasteiger partial charge in [-0.2, -0.15) is 0 Å². The minimum absolute atomic E-state index is 0.547. The average molecular weight is 271 g/mol. The molecule has 1 nitrogen and oxygen atoms in total. The topological polar surface area (TPSA) is 12.0 Å². The summed E-state index contributed by atoms with van der Waals surface area (Å²) in [6.45, 7) is 4.86. The van der Waals surface area contributed by atoms with E-state index < -0.39 is 0 Å². The van der Waals surface area contributed by atoms with Crippen LogP contribution in [0.5, 0.6) is 0 Å². The van der Waals surface area contributed by atoms with Crippen molar-refractivity contribution in [1.82, 2.24) is 5.32 Å². The molecule has 1 fully saturated rings. The smallest absolute Gasteiger partial charge is 0.0346 e. The summed E-state index contributed by atoms with van der Waals surface area (Å²) in [7, 11) is 2.14. The lowest BCUT2D eigenvalue weighted by atomic mass is 9.72. The molecule has 0 radical (unpaired) electrons. The Kier molecular flexibility index (Phi) is 4.16. The first-order chi connectivity index (χ1) is 9.67. The van der Waals surface area contributed by atoms with E-state index in [-0.39, 0.29) is 0 Å². The van der Waals surface area contributed by atoms with Gasteiger partial charge in [-0.1, -0.05) is 32.0 Å². The molecule has 3 rings (SSSR count). The molecule has 1 aromatic carbocycles. The van der Waals surface area contributed by atoms with Crippen LogP contribution in [0.4, 0.5) is 0 Å². The Morgan fingerprint density at radius 3 is 2.40 bits per heavy atom. The lowest BCUT2D eigenvalue weighted by Crippen LogP contribution is -2.31. The molecule has 0 heterocycles. The Labute approximate surface area is 124 Å². The maximum atomic E-state index is 3.62. The molecule has 0 aliphatic heterocycles. The van der Waals surface area contributed by atoms with Crippen molar-refractivity contribution >= 4 is 0 Å². The molecule has 2 aliphatic rings. The minimum Gasteiger partial charge on any atom is -0.313 e. The summed E-state index contributed by atoms with van der Waals surface area (Å²) in [5.41, 5.74) is 4.73. The van der Waals surface area contributed by atoms with E-state index in [1.54, 1.807) is 11.1 Å². The van der Waals surface area contributed by atoms with Crippen molar-refractivity contribution in [3.05, 3.63) is 34.9 Å². The van der Waals surface area contributed by atoms with Crippen LogP contribution in [0.3, 0.4) is 0 Å². The van der Waals surface area contributed by atoms with Crippen molar-refractivity contribution in [1.29, 1.82) is 0 Å². The third-order valence-electron chi connectivity index (χ3n) is 5.48. The third-order valence-corrected chi connectivity index (χ3v) is 5.48. The number of hydrogen-bond donors (Lipinski definition) is 1. The van der Waals surface area contributed by atoms with E-state index in [1.807, 2.05) is 0 Å².